The van der Waals surface area contributed by atoms with Gasteiger partial charge in [0, 0.05) is 22.8 Å². The number of hydrogen-bond donors (Lipinski definition) is 1. The van der Waals surface area contributed by atoms with Crippen molar-refractivity contribution in [2.45, 2.75) is 6.92 Å². The fraction of sp³-hybridized carbons (Fsp3) is 0.300. The van der Waals surface area contributed by atoms with Crippen LogP contribution in [0.5, 0.6) is 17.2 Å². The normalized spacial score (nSPS) is 12.3. The molecule has 0 aliphatic carbocycles. The van der Waals surface area contributed by atoms with Crippen molar-refractivity contribution in [2.24, 2.45) is 0 Å². The molecule has 2 amide bonds. The standard InChI is InChI=1S/C20H21BrN2O5/c1-12-8-14(21)4-5-15(12)22-18(24)11-23(2)20(25)13-9-16(26-3)19-17(10-13)27-6-7-28-19/h4-5,8-10H,6-7,11H2,1-3H3,(H,22,24). The Morgan fingerprint density at radius 3 is 2.68 bits per heavy atom. The van der Waals surface area contributed by atoms with Crippen LogP contribution < -0.4 is 19.5 Å². The van der Waals surface area contributed by atoms with E-state index in [2.05, 4.69) is 21.2 Å². The third kappa shape index (κ3) is 4.39. The van der Waals surface area contributed by atoms with Crippen molar-refractivity contribution in [3.05, 3.63) is 45.9 Å². The van der Waals surface area contributed by atoms with Crippen molar-refractivity contribution < 1.29 is 23.8 Å². The molecule has 0 saturated carbocycles. The molecular weight excluding hydrogens is 428 g/mol. The van der Waals surface area contributed by atoms with E-state index in [-0.39, 0.29) is 18.4 Å². The number of carbonyl (C=O) groups is 2. The van der Waals surface area contributed by atoms with Gasteiger partial charge in [0.2, 0.25) is 11.7 Å². The van der Waals surface area contributed by atoms with E-state index in [4.69, 9.17) is 14.2 Å². The largest absolute Gasteiger partial charge is 0.493 e. The Hall–Kier alpha value is -2.74. The average molecular weight is 449 g/mol. The van der Waals surface area contributed by atoms with Gasteiger partial charge in [-0.15, -0.1) is 0 Å². The number of benzene rings is 2. The number of likely N-dealkylation sites (N-methyl/N-ethyl adjacent to an activating group) is 1. The molecule has 148 valence electrons. The zero-order valence-electron chi connectivity index (χ0n) is 15.9. The Morgan fingerprint density at radius 2 is 1.96 bits per heavy atom. The molecule has 0 bridgehead atoms. The van der Waals surface area contributed by atoms with E-state index < -0.39 is 0 Å². The molecule has 0 radical (unpaired) electrons. The van der Waals surface area contributed by atoms with Gasteiger partial charge < -0.3 is 24.4 Å². The van der Waals surface area contributed by atoms with Crippen LogP contribution in [-0.4, -0.2) is 50.6 Å². The zero-order chi connectivity index (χ0) is 20.3. The minimum Gasteiger partial charge on any atom is -0.493 e. The van der Waals surface area contributed by atoms with Crippen LogP contribution in [0, 0.1) is 6.92 Å². The molecule has 0 unspecified atom stereocenters. The third-order valence-corrected chi connectivity index (χ3v) is 4.76. The molecule has 0 saturated heterocycles. The zero-order valence-corrected chi connectivity index (χ0v) is 17.5. The molecule has 28 heavy (non-hydrogen) atoms. The summed E-state index contributed by atoms with van der Waals surface area (Å²) >= 11 is 3.39. The number of nitrogens with one attached hydrogen (secondary N) is 1. The molecule has 0 aromatic heterocycles. The number of amides is 2. The maximum Gasteiger partial charge on any atom is 0.254 e. The summed E-state index contributed by atoms with van der Waals surface area (Å²) in [6, 6.07) is 8.76. The van der Waals surface area contributed by atoms with Gasteiger partial charge in [-0.05, 0) is 42.8 Å². The topological polar surface area (TPSA) is 77.1 Å². The van der Waals surface area contributed by atoms with Crippen molar-refractivity contribution in [1.82, 2.24) is 4.90 Å². The van der Waals surface area contributed by atoms with Crippen LogP contribution in [0.3, 0.4) is 0 Å². The van der Waals surface area contributed by atoms with Crippen LogP contribution in [-0.2, 0) is 4.79 Å². The molecule has 0 spiro atoms. The number of nitrogens with zero attached hydrogens (tertiary/aromatic N) is 1. The van der Waals surface area contributed by atoms with Crippen LogP contribution in [0.15, 0.2) is 34.8 Å². The monoisotopic (exact) mass is 448 g/mol. The van der Waals surface area contributed by atoms with E-state index in [0.717, 1.165) is 10.0 Å². The van der Waals surface area contributed by atoms with Crippen molar-refractivity contribution in [3.8, 4) is 17.2 Å². The SMILES string of the molecule is COc1cc(C(=O)N(C)CC(=O)Nc2ccc(Br)cc2C)cc2c1OCCO2. The lowest BCUT2D eigenvalue weighted by atomic mass is 10.1. The van der Waals surface area contributed by atoms with E-state index in [1.165, 1.54) is 12.0 Å². The van der Waals surface area contributed by atoms with Crippen molar-refractivity contribution >= 4 is 33.4 Å². The van der Waals surface area contributed by atoms with Crippen molar-refractivity contribution in [3.63, 3.8) is 0 Å². The molecule has 1 aliphatic rings. The predicted octanol–water partition coefficient (Wildman–Crippen LogP) is 3.25. The number of ether oxygens (including phenoxy) is 3. The quantitative estimate of drug-likeness (QED) is 0.759. The Morgan fingerprint density at radius 1 is 1.21 bits per heavy atom. The van der Waals surface area contributed by atoms with E-state index in [1.807, 2.05) is 25.1 Å². The highest BCUT2D eigenvalue weighted by Gasteiger charge is 2.23. The van der Waals surface area contributed by atoms with Gasteiger partial charge in [0.05, 0.1) is 13.7 Å². The highest BCUT2D eigenvalue weighted by Crippen LogP contribution is 2.40. The molecule has 0 fully saturated rings. The molecule has 8 heteroatoms. The number of fused-ring (bicyclic) bond motifs is 1. The second-order valence-electron chi connectivity index (χ2n) is 6.37. The summed E-state index contributed by atoms with van der Waals surface area (Å²) in [4.78, 5) is 26.5. The van der Waals surface area contributed by atoms with Crippen LogP contribution >= 0.6 is 15.9 Å². The number of carbonyl (C=O) groups excluding carboxylic acids is 2. The molecule has 3 rings (SSSR count). The maximum absolute atomic E-state index is 12.8. The third-order valence-electron chi connectivity index (χ3n) is 4.26. The summed E-state index contributed by atoms with van der Waals surface area (Å²) in [5, 5.41) is 2.82. The number of aryl methyl sites for hydroxylation is 1. The summed E-state index contributed by atoms with van der Waals surface area (Å²) in [5.74, 6) is 0.751. The molecule has 1 N–H and O–H groups in total. The van der Waals surface area contributed by atoms with Gasteiger partial charge in [-0.3, -0.25) is 9.59 Å². The molecule has 2 aromatic carbocycles. The van der Waals surface area contributed by atoms with Gasteiger partial charge in [0.15, 0.2) is 11.5 Å². The lowest BCUT2D eigenvalue weighted by Crippen LogP contribution is -2.35. The van der Waals surface area contributed by atoms with Crippen LogP contribution in [0.4, 0.5) is 5.69 Å². The highest BCUT2D eigenvalue weighted by atomic mass is 79.9. The molecule has 1 heterocycles. The summed E-state index contributed by atoms with van der Waals surface area (Å²) in [6.45, 7) is 2.63. The Balaban J connectivity index is 1.71. The highest BCUT2D eigenvalue weighted by molar-refractivity contribution is 9.10. The van der Waals surface area contributed by atoms with Gasteiger partial charge in [0.25, 0.3) is 5.91 Å². The van der Waals surface area contributed by atoms with Gasteiger partial charge in [-0.25, -0.2) is 0 Å². The van der Waals surface area contributed by atoms with E-state index in [9.17, 15) is 9.59 Å². The summed E-state index contributed by atoms with van der Waals surface area (Å²) in [5.41, 5.74) is 1.99. The summed E-state index contributed by atoms with van der Waals surface area (Å²) < 4.78 is 17.3. The van der Waals surface area contributed by atoms with Crippen LogP contribution in [0.1, 0.15) is 15.9 Å². The van der Waals surface area contributed by atoms with Crippen molar-refractivity contribution in [1.29, 1.82) is 0 Å². The molecule has 0 atom stereocenters. The average Bonchev–Trinajstić information content (AvgIpc) is 2.68. The number of methoxy groups -OCH3 is 1. The van der Waals surface area contributed by atoms with Gasteiger partial charge >= 0.3 is 0 Å². The number of anilines is 1. The number of hydrogen-bond acceptors (Lipinski definition) is 5. The van der Waals surface area contributed by atoms with Gasteiger partial charge in [-0.1, -0.05) is 15.9 Å². The first kappa shape index (κ1) is 20.0. The fourth-order valence-corrected chi connectivity index (χ4v) is 3.34. The maximum atomic E-state index is 12.8. The minimum atomic E-state index is -0.321. The molecule has 1 aliphatic heterocycles. The van der Waals surface area contributed by atoms with E-state index in [0.29, 0.717) is 41.7 Å². The fourth-order valence-electron chi connectivity index (χ4n) is 2.86. The molecular formula is C20H21BrN2O5. The Bertz CT molecular complexity index is 898. The summed E-state index contributed by atoms with van der Waals surface area (Å²) in [6.07, 6.45) is 0. The second kappa shape index (κ2) is 8.52. The Kier molecular flexibility index (Phi) is 6.08. The Labute approximate surface area is 171 Å². The first-order valence-corrected chi connectivity index (χ1v) is 9.47. The number of rotatable bonds is 5. The lowest BCUT2D eigenvalue weighted by Gasteiger charge is -2.23. The smallest absolute Gasteiger partial charge is 0.254 e. The molecule has 7 nitrogen and oxygen atoms in total. The first-order chi connectivity index (χ1) is 13.4. The first-order valence-electron chi connectivity index (χ1n) is 8.68. The van der Waals surface area contributed by atoms with E-state index in [1.54, 1.807) is 19.2 Å². The lowest BCUT2D eigenvalue weighted by molar-refractivity contribution is -0.116. The number of halogens is 1. The molecule has 2 aromatic rings. The van der Waals surface area contributed by atoms with Gasteiger partial charge in [0.1, 0.15) is 13.2 Å². The second-order valence-corrected chi connectivity index (χ2v) is 7.29. The summed E-state index contributed by atoms with van der Waals surface area (Å²) in [7, 11) is 3.07. The van der Waals surface area contributed by atoms with E-state index >= 15 is 0 Å². The predicted molar refractivity (Wildman–Crippen MR) is 108 cm³/mol. The van der Waals surface area contributed by atoms with Crippen LogP contribution in [0.2, 0.25) is 0 Å². The van der Waals surface area contributed by atoms with Gasteiger partial charge in [-0.2, -0.15) is 0 Å². The minimum absolute atomic E-state index is 0.0922. The van der Waals surface area contributed by atoms with Crippen LogP contribution in [0.25, 0.3) is 0 Å². The van der Waals surface area contributed by atoms with Crippen molar-refractivity contribution in [2.75, 3.05) is 39.2 Å².